The molecule has 0 spiro atoms. The number of benzene rings is 1. The number of anilines is 1. The molecule has 6 nitrogen and oxygen atoms in total. The minimum absolute atomic E-state index is 0.214. The first-order valence-corrected chi connectivity index (χ1v) is 5.23. The fourth-order valence-corrected chi connectivity index (χ4v) is 1.47. The van der Waals surface area contributed by atoms with Gasteiger partial charge in [0.1, 0.15) is 6.33 Å². The van der Waals surface area contributed by atoms with Crippen molar-refractivity contribution >= 4 is 5.69 Å². The summed E-state index contributed by atoms with van der Waals surface area (Å²) in [6.45, 7) is -0.0840. The number of aromatic nitrogens is 3. The molecule has 1 aromatic heterocycles. The van der Waals surface area contributed by atoms with Crippen molar-refractivity contribution in [1.82, 2.24) is 14.8 Å². The molecule has 0 bridgehead atoms. The number of aliphatic hydroxyl groups is 2. The molecule has 2 rings (SSSR count). The average molecular weight is 234 g/mol. The summed E-state index contributed by atoms with van der Waals surface area (Å²) in [7, 11) is 0. The summed E-state index contributed by atoms with van der Waals surface area (Å²) in [5, 5.41) is 22.2. The van der Waals surface area contributed by atoms with Crippen LogP contribution < -0.4 is 5.73 Å². The Bertz CT molecular complexity index is 498. The van der Waals surface area contributed by atoms with Crippen molar-refractivity contribution in [2.45, 2.75) is 12.6 Å². The number of rotatable bonds is 4. The van der Waals surface area contributed by atoms with Crippen molar-refractivity contribution < 1.29 is 10.2 Å². The third kappa shape index (κ3) is 2.80. The molecule has 2 aromatic rings. The van der Waals surface area contributed by atoms with Crippen LogP contribution in [0.3, 0.4) is 0 Å². The van der Waals surface area contributed by atoms with Gasteiger partial charge in [-0.3, -0.25) is 0 Å². The maximum atomic E-state index is 9.28. The second-order valence-electron chi connectivity index (χ2n) is 3.75. The molecule has 1 atom stereocenters. The lowest BCUT2D eigenvalue weighted by Crippen LogP contribution is -2.20. The van der Waals surface area contributed by atoms with Gasteiger partial charge in [0.15, 0.2) is 5.82 Å². The molecular formula is C11H14N4O2. The monoisotopic (exact) mass is 234 g/mol. The lowest BCUT2D eigenvalue weighted by Gasteiger charge is -2.05. The van der Waals surface area contributed by atoms with E-state index >= 15 is 0 Å². The second kappa shape index (κ2) is 4.94. The first-order valence-electron chi connectivity index (χ1n) is 5.23. The van der Waals surface area contributed by atoms with E-state index in [-0.39, 0.29) is 13.2 Å². The van der Waals surface area contributed by atoms with E-state index < -0.39 is 6.10 Å². The van der Waals surface area contributed by atoms with Crippen LogP contribution in [0.15, 0.2) is 30.6 Å². The van der Waals surface area contributed by atoms with Crippen molar-refractivity contribution in [3.63, 3.8) is 0 Å². The van der Waals surface area contributed by atoms with E-state index in [0.717, 1.165) is 5.56 Å². The fraction of sp³-hybridized carbons (Fsp3) is 0.273. The number of aliphatic hydroxyl groups excluding tert-OH is 2. The first-order chi connectivity index (χ1) is 8.19. The van der Waals surface area contributed by atoms with Crippen LogP contribution in [0.25, 0.3) is 11.4 Å². The lowest BCUT2D eigenvalue weighted by molar-refractivity contribution is 0.0782. The van der Waals surface area contributed by atoms with Crippen molar-refractivity contribution in [2.24, 2.45) is 0 Å². The molecule has 1 aromatic carbocycles. The van der Waals surface area contributed by atoms with Gasteiger partial charge in [0.05, 0.1) is 19.3 Å². The maximum absolute atomic E-state index is 9.28. The third-order valence-corrected chi connectivity index (χ3v) is 2.29. The highest BCUT2D eigenvalue weighted by Gasteiger charge is 2.07. The standard InChI is InChI=1S/C11H14N4O2/c12-9-3-1-2-8(4-9)11-13-7-15(14-11)5-10(17)6-16/h1-4,7,10,16-17H,5-6,12H2. The minimum Gasteiger partial charge on any atom is -0.399 e. The van der Waals surface area contributed by atoms with E-state index in [1.54, 1.807) is 12.1 Å². The van der Waals surface area contributed by atoms with E-state index in [0.29, 0.717) is 11.5 Å². The molecule has 6 heteroatoms. The number of nitrogens with two attached hydrogens (primary N) is 1. The summed E-state index contributed by atoms with van der Waals surface area (Å²) in [6.07, 6.45) is 0.683. The molecule has 90 valence electrons. The Hall–Kier alpha value is -1.92. The molecular weight excluding hydrogens is 220 g/mol. The van der Waals surface area contributed by atoms with E-state index in [2.05, 4.69) is 10.1 Å². The third-order valence-electron chi connectivity index (χ3n) is 2.29. The number of hydrogen-bond acceptors (Lipinski definition) is 5. The zero-order valence-corrected chi connectivity index (χ0v) is 9.19. The van der Waals surface area contributed by atoms with Gasteiger partial charge in [-0.1, -0.05) is 12.1 Å². The van der Waals surface area contributed by atoms with Gasteiger partial charge in [-0.15, -0.1) is 0 Å². The van der Waals surface area contributed by atoms with Gasteiger partial charge in [0.2, 0.25) is 0 Å². The molecule has 0 aliphatic carbocycles. The summed E-state index contributed by atoms with van der Waals surface area (Å²) < 4.78 is 1.49. The zero-order valence-electron chi connectivity index (χ0n) is 9.19. The average Bonchev–Trinajstić information content (AvgIpc) is 2.77. The Balaban J connectivity index is 2.18. The van der Waals surface area contributed by atoms with Crippen LogP contribution in [-0.2, 0) is 6.54 Å². The van der Waals surface area contributed by atoms with Gasteiger partial charge >= 0.3 is 0 Å². The normalized spacial score (nSPS) is 12.6. The molecule has 0 aliphatic rings. The molecule has 0 fully saturated rings. The summed E-state index contributed by atoms with van der Waals surface area (Å²) in [5.74, 6) is 0.544. The molecule has 0 radical (unpaired) electrons. The molecule has 0 saturated carbocycles. The summed E-state index contributed by atoms with van der Waals surface area (Å²) in [6, 6.07) is 7.25. The molecule has 4 N–H and O–H groups in total. The first kappa shape index (κ1) is 11.6. The zero-order chi connectivity index (χ0) is 12.3. The Labute approximate surface area is 98.3 Å². The van der Waals surface area contributed by atoms with Crippen molar-refractivity contribution in [2.75, 3.05) is 12.3 Å². The highest BCUT2D eigenvalue weighted by atomic mass is 16.3. The summed E-state index contributed by atoms with van der Waals surface area (Å²) >= 11 is 0. The van der Waals surface area contributed by atoms with Crippen LogP contribution >= 0.6 is 0 Å². The van der Waals surface area contributed by atoms with Gasteiger partial charge < -0.3 is 15.9 Å². The maximum Gasteiger partial charge on any atom is 0.181 e. The van der Waals surface area contributed by atoms with E-state index in [4.69, 9.17) is 10.8 Å². The summed E-state index contributed by atoms with van der Waals surface area (Å²) in [4.78, 5) is 4.12. The minimum atomic E-state index is -0.828. The highest BCUT2D eigenvalue weighted by Crippen LogP contribution is 2.16. The Morgan fingerprint density at radius 1 is 1.41 bits per heavy atom. The predicted molar refractivity (Wildman–Crippen MR) is 63.0 cm³/mol. The smallest absolute Gasteiger partial charge is 0.181 e. The Morgan fingerprint density at radius 3 is 2.94 bits per heavy atom. The topological polar surface area (TPSA) is 97.2 Å². The van der Waals surface area contributed by atoms with Crippen molar-refractivity contribution in [3.05, 3.63) is 30.6 Å². The van der Waals surface area contributed by atoms with Crippen LogP contribution in [-0.4, -0.2) is 37.7 Å². The van der Waals surface area contributed by atoms with Gasteiger partial charge in [0, 0.05) is 11.3 Å². The number of hydrogen-bond donors (Lipinski definition) is 3. The van der Waals surface area contributed by atoms with Gasteiger partial charge in [0.25, 0.3) is 0 Å². The Kier molecular flexibility index (Phi) is 3.36. The second-order valence-corrected chi connectivity index (χ2v) is 3.75. The molecule has 0 saturated heterocycles. The van der Waals surface area contributed by atoms with Gasteiger partial charge in [-0.05, 0) is 12.1 Å². The highest BCUT2D eigenvalue weighted by molar-refractivity contribution is 5.60. The molecule has 1 heterocycles. The quantitative estimate of drug-likeness (QED) is 0.641. The van der Waals surface area contributed by atoms with Gasteiger partial charge in [-0.25, -0.2) is 9.67 Å². The van der Waals surface area contributed by atoms with E-state index in [1.165, 1.54) is 11.0 Å². The van der Waals surface area contributed by atoms with Crippen molar-refractivity contribution in [3.8, 4) is 11.4 Å². The van der Waals surface area contributed by atoms with Crippen LogP contribution in [0.5, 0.6) is 0 Å². The predicted octanol–water partition coefficient (Wildman–Crippen LogP) is -0.120. The SMILES string of the molecule is Nc1cccc(-c2ncn(CC(O)CO)n2)c1. The van der Waals surface area contributed by atoms with Gasteiger partial charge in [-0.2, -0.15) is 5.10 Å². The van der Waals surface area contributed by atoms with Crippen LogP contribution in [0.4, 0.5) is 5.69 Å². The molecule has 1 unspecified atom stereocenters. The number of nitrogen functional groups attached to an aromatic ring is 1. The fourth-order valence-electron chi connectivity index (χ4n) is 1.47. The molecule has 0 amide bonds. The summed E-state index contributed by atoms with van der Waals surface area (Å²) in [5.41, 5.74) is 7.14. The largest absolute Gasteiger partial charge is 0.399 e. The molecule has 0 aliphatic heterocycles. The van der Waals surface area contributed by atoms with Crippen LogP contribution in [0.2, 0.25) is 0 Å². The Morgan fingerprint density at radius 2 is 2.24 bits per heavy atom. The molecule has 17 heavy (non-hydrogen) atoms. The lowest BCUT2D eigenvalue weighted by atomic mass is 10.2. The number of nitrogens with zero attached hydrogens (tertiary/aromatic N) is 3. The van der Waals surface area contributed by atoms with E-state index in [9.17, 15) is 5.11 Å². The van der Waals surface area contributed by atoms with Crippen molar-refractivity contribution in [1.29, 1.82) is 0 Å². The van der Waals surface area contributed by atoms with Crippen LogP contribution in [0.1, 0.15) is 0 Å². The van der Waals surface area contributed by atoms with E-state index in [1.807, 2.05) is 12.1 Å². The van der Waals surface area contributed by atoms with Crippen LogP contribution in [0, 0.1) is 0 Å².